The lowest BCUT2D eigenvalue weighted by Crippen LogP contribution is -2.03. The number of methoxy groups -OCH3 is 1. The van der Waals surface area contributed by atoms with E-state index in [1.807, 2.05) is 30.8 Å². The van der Waals surface area contributed by atoms with Gasteiger partial charge in [0.25, 0.3) is 0 Å². The second-order valence-electron chi connectivity index (χ2n) is 3.81. The molecule has 0 amide bonds. The minimum absolute atomic E-state index is 0.0949. The Kier molecular flexibility index (Phi) is 7.34. The Bertz CT molecular complexity index is 349. The van der Waals surface area contributed by atoms with E-state index in [-0.39, 0.29) is 5.97 Å². The molecule has 0 aliphatic carbocycles. The Morgan fingerprint density at radius 2 is 2.00 bits per heavy atom. The van der Waals surface area contributed by atoms with Gasteiger partial charge in [-0.25, -0.2) is 0 Å². The molecule has 3 nitrogen and oxygen atoms in total. The van der Waals surface area contributed by atoms with E-state index < -0.39 is 0 Å². The van der Waals surface area contributed by atoms with Crippen LogP contribution in [-0.4, -0.2) is 25.4 Å². The van der Waals surface area contributed by atoms with Crippen molar-refractivity contribution in [2.24, 2.45) is 0 Å². The van der Waals surface area contributed by atoms with E-state index in [1.54, 1.807) is 7.11 Å². The third-order valence-corrected chi connectivity index (χ3v) is 3.52. The zero-order chi connectivity index (χ0) is 13.2. The first-order valence-electron chi connectivity index (χ1n) is 6.12. The van der Waals surface area contributed by atoms with Gasteiger partial charge in [0.15, 0.2) is 0 Å². The summed E-state index contributed by atoms with van der Waals surface area (Å²) in [5.41, 5.74) is 1.27. The van der Waals surface area contributed by atoms with Crippen molar-refractivity contribution in [3.8, 4) is 5.75 Å². The van der Waals surface area contributed by atoms with Crippen LogP contribution < -0.4 is 4.74 Å². The van der Waals surface area contributed by atoms with Gasteiger partial charge in [-0.2, -0.15) is 11.8 Å². The van der Waals surface area contributed by atoms with E-state index in [9.17, 15) is 4.79 Å². The van der Waals surface area contributed by atoms with Gasteiger partial charge in [-0.1, -0.05) is 12.1 Å². The third-order valence-electron chi connectivity index (χ3n) is 2.40. The highest BCUT2D eigenvalue weighted by molar-refractivity contribution is 7.98. The Balaban J connectivity index is 2.12. The monoisotopic (exact) mass is 268 g/mol. The van der Waals surface area contributed by atoms with Crippen LogP contribution in [0.25, 0.3) is 0 Å². The van der Waals surface area contributed by atoms with Crippen LogP contribution in [0.2, 0.25) is 0 Å². The topological polar surface area (TPSA) is 35.5 Å². The van der Waals surface area contributed by atoms with Crippen molar-refractivity contribution in [2.45, 2.75) is 25.5 Å². The molecule has 18 heavy (non-hydrogen) atoms. The highest BCUT2D eigenvalue weighted by atomic mass is 32.2. The minimum Gasteiger partial charge on any atom is -0.497 e. The zero-order valence-corrected chi connectivity index (χ0v) is 11.8. The molecule has 100 valence electrons. The SMILES string of the molecule is CCOC(=O)CCCSCc1ccc(OC)cc1. The van der Waals surface area contributed by atoms with Crippen LogP contribution in [0.15, 0.2) is 24.3 Å². The van der Waals surface area contributed by atoms with Gasteiger partial charge in [0.2, 0.25) is 0 Å². The standard InChI is InChI=1S/C14H20O3S/c1-3-17-14(15)5-4-10-18-11-12-6-8-13(16-2)9-7-12/h6-9H,3-5,10-11H2,1-2H3. The summed E-state index contributed by atoms with van der Waals surface area (Å²) < 4.78 is 9.97. The predicted molar refractivity (Wildman–Crippen MR) is 75.0 cm³/mol. The van der Waals surface area contributed by atoms with E-state index >= 15 is 0 Å². The Labute approximate surface area is 113 Å². The van der Waals surface area contributed by atoms with Crippen molar-refractivity contribution in [1.82, 2.24) is 0 Å². The quantitative estimate of drug-likeness (QED) is 0.535. The molecule has 4 heteroatoms. The Hall–Kier alpha value is -1.16. The molecule has 0 aliphatic rings. The summed E-state index contributed by atoms with van der Waals surface area (Å²) in [6.45, 7) is 2.30. The summed E-state index contributed by atoms with van der Waals surface area (Å²) in [7, 11) is 1.67. The molecule has 0 saturated heterocycles. The highest BCUT2D eigenvalue weighted by Gasteiger charge is 2.01. The zero-order valence-electron chi connectivity index (χ0n) is 11.0. The first-order valence-corrected chi connectivity index (χ1v) is 7.28. The summed E-state index contributed by atoms with van der Waals surface area (Å²) in [6, 6.07) is 8.07. The van der Waals surface area contributed by atoms with E-state index in [0.29, 0.717) is 13.0 Å². The summed E-state index contributed by atoms with van der Waals surface area (Å²) in [5, 5.41) is 0. The fourth-order valence-electron chi connectivity index (χ4n) is 1.46. The lowest BCUT2D eigenvalue weighted by Gasteiger charge is -2.04. The number of carbonyl (C=O) groups is 1. The first kappa shape index (κ1) is 14.9. The Morgan fingerprint density at radius 3 is 2.61 bits per heavy atom. The number of carbonyl (C=O) groups excluding carboxylic acids is 1. The van der Waals surface area contributed by atoms with E-state index in [1.165, 1.54) is 5.56 Å². The Morgan fingerprint density at radius 1 is 1.28 bits per heavy atom. The molecule has 0 radical (unpaired) electrons. The molecule has 1 aromatic carbocycles. The second kappa shape index (κ2) is 8.86. The lowest BCUT2D eigenvalue weighted by molar-refractivity contribution is -0.143. The van der Waals surface area contributed by atoms with Crippen molar-refractivity contribution in [1.29, 1.82) is 0 Å². The van der Waals surface area contributed by atoms with Gasteiger partial charge in [0.05, 0.1) is 13.7 Å². The molecule has 0 unspecified atom stereocenters. The minimum atomic E-state index is -0.0949. The molecule has 0 saturated carbocycles. The van der Waals surface area contributed by atoms with Gasteiger partial charge in [0.1, 0.15) is 5.75 Å². The van der Waals surface area contributed by atoms with Crippen LogP contribution >= 0.6 is 11.8 Å². The third kappa shape index (κ3) is 5.96. The van der Waals surface area contributed by atoms with Gasteiger partial charge in [-0.05, 0) is 36.8 Å². The maximum absolute atomic E-state index is 11.1. The summed E-state index contributed by atoms with van der Waals surface area (Å²) in [4.78, 5) is 11.1. The molecule has 0 bridgehead atoms. The van der Waals surface area contributed by atoms with Crippen LogP contribution in [0.3, 0.4) is 0 Å². The maximum atomic E-state index is 11.1. The van der Waals surface area contributed by atoms with Crippen molar-refractivity contribution < 1.29 is 14.3 Å². The summed E-state index contributed by atoms with van der Waals surface area (Å²) in [6.07, 6.45) is 1.39. The normalized spacial score (nSPS) is 10.1. The van der Waals surface area contributed by atoms with Crippen molar-refractivity contribution in [3.63, 3.8) is 0 Å². The molecular weight excluding hydrogens is 248 g/mol. The van der Waals surface area contributed by atoms with Crippen LogP contribution in [0.5, 0.6) is 5.75 Å². The van der Waals surface area contributed by atoms with Crippen LogP contribution in [-0.2, 0) is 15.3 Å². The number of hydrogen-bond donors (Lipinski definition) is 0. The molecular formula is C14H20O3S. The second-order valence-corrected chi connectivity index (χ2v) is 4.91. The van der Waals surface area contributed by atoms with Crippen molar-refractivity contribution >= 4 is 17.7 Å². The maximum Gasteiger partial charge on any atom is 0.305 e. The number of thioether (sulfide) groups is 1. The molecule has 0 heterocycles. The fourth-order valence-corrected chi connectivity index (χ4v) is 2.38. The number of benzene rings is 1. The molecule has 0 fully saturated rings. The average Bonchev–Trinajstić information content (AvgIpc) is 2.39. The van der Waals surface area contributed by atoms with Gasteiger partial charge in [-0.15, -0.1) is 0 Å². The molecule has 0 aliphatic heterocycles. The van der Waals surface area contributed by atoms with Crippen LogP contribution in [0.1, 0.15) is 25.3 Å². The molecule has 0 N–H and O–H groups in total. The largest absolute Gasteiger partial charge is 0.497 e. The number of esters is 1. The average molecular weight is 268 g/mol. The van der Waals surface area contributed by atoms with E-state index in [2.05, 4.69) is 12.1 Å². The van der Waals surface area contributed by atoms with Crippen LogP contribution in [0.4, 0.5) is 0 Å². The van der Waals surface area contributed by atoms with Crippen molar-refractivity contribution in [3.05, 3.63) is 29.8 Å². The van der Waals surface area contributed by atoms with Gasteiger partial charge in [0, 0.05) is 12.2 Å². The fraction of sp³-hybridized carbons (Fsp3) is 0.500. The molecule has 0 aromatic heterocycles. The predicted octanol–water partition coefficient (Wildman–Crippen LogP) is 3.27. The number of rotatable bonds is 8. The van der Waals surface area contributed by atoms with Gasteiger partial charge >= 0.3 is 5.97 Å². The molecule has 1 aromatic rings. The summed E-state index contributed by atoms with van der Waals surface area (Å²) >= 11 is 1.83. The highest BCUT2D eigenvalue weighted by Crippen LogP contribution is 2.17. The summed E-state index contributed by atoms with van der Waals surface area (Å²) in [5.74, 6) is 2.73. The van der Waals surface area contributed by atoms with Gasteiger partial charge < -0.3 is 9.47 Å². The molecule has 0 spiro atoms. The number of hydrogen-bond acceptors (Lipinski definition) is 4. The van der Waals surface area contributed by atoms with Crippen molar-refractivity contribution in [2.75, 3.05) is 19.5 Å². The van der Waals surface area contributed by atoms with Crippen LogP contribution in [0, 0.1) is 0 Å². The smallest absolute Gasteiger partial charge is 0.305 e. The first-order chi connectivity index (χ1) is 8.76. The molecule has 1 rings (SSSR count). The molecule has 0 atom stereocenters. The van der Waals surface area contributed by atoms with E-state index in [0.717, 1.165) is 23.7 Å². The van der Waals surface area contributed by atoms with E-state index in [4.69, 9.17) is 9.47 Å². The lowest BCUT2D eigenvalue weighted by atomic mass is 10.2. The van der Waals surface area contributed by atoms with Gasteiger partial charge in [-0.3, -0.25) is 4.79 Å². The number of ether oxygens (including phenoxy) is 2.